The average molecular weight is 461 g/mol. The first kappa shape index (κ1) is 21.3. The van der Waals surface area contributed by atoms with E-state index in [0.29, 0.717) is 38.4 Å². The molecule has 1 saturated heterocycles. The molecule has 0 aliphatic carbocycles. The molecule has 3 aromatic rings. The monoisotopic (exact) mass is 461 g/mol. The highest BCUT2D eigenvalue weighted by atomic mass is 19.4. The number of aromatic amines is 1. The minimum Gasteiger partial charge on any atom is -0.497 e. The van der Waals surface area contributed by atoms with Gasteiger partial charge in [0.05, 0.1) is 13.2 Å². The number of halogens is 4. The molecule has 0 saturated carbocycles. The van der Waals surface area contributed by atoms with Crippen molar-refractivity contribution in [2.24, 2.45) is 0 Å². The van der Waals surface area contributed by atoms with Crippen molar-refractivity contribution >= 4 is 22.7 Å². The van der Waals surface area contributed by atoms with Crippen LogP contribution >= 0.6 is 0 Å². The summed E-state index contributed by atoms with van der Waals surface area (Å²) in [6.45, 7) is -2.16. The summed E-state index contributed by atoms with van der Waals surface area (Å²) in [5.41, 5.74) is 2.50. The van der Waals surface area contributed by atoms with Gasteiger partial charge >= 0.3 is 6.18 Å². The number of fused-ring (bicyclic) bond motifs is 4. The van der Waals surface area contributed by atoms with E-state index in [1.165, 1.54) is 24.1 Å². The van der Waals surface area contributed by atoms with Crippen LogP contribution in [0.4, 0.5) is 17.6 Å². The number of amides is 2. The first-order chi connectivity index (χ1) is 15.7. The van der Waals surface area contributed by atoms with Crippen LogP contribution in [0.5, 0.6) is 5.75 Å². The Labute approximate surface area is 185 Å². The van der Waals surface area contributed by atoms with Gasteiger partial charge in [0.15, 0.2) is 0 Å². The predicted molar refractivity (Wildman–Crippen MR) is 110 cm³/mol. The molecule has 0 unspecified atom stereocenters. The Morgan fingerprint density at radius 1 is 1.12 bits per heavy atom. The van der Waals surface area contributed by atoms with Crippen LogP contribution in [0, 0.1) is 5.82 Å². The van der Waals surface area contributed by atoms with E-state index in [4.69, 9.17) is 4.74 Å². The third kappa shape index (κ3) is 3.59. The Balaban J connectivity index is 1.66. The van der Waals surface area contributed by atoms with Crippen molar-refractivity contribution in [3.63, 3.8) is 0 Å². The van der Waals surface area contributed by atoms with Crippen molar-refractivity contribution in [3.8, 4) is 5.75 Å². The van der Waals surface area contributed by atoms with Crippen LogP contribution in [0.15, 0.2) is 42.5 Å². The van der Waals surface area contributed by atoms with Crippen LogP contribution in [0.2, 0.25) is 0 Å². The number of carbonyl (C=O) groups is 2. The van der Waals surface area contributed by atoms with Gasteiger partial charge in [-0.1, -0.05) is 12.1 Å². The largest absolute Gasteiger partial charge is 0.497 e. The number of methoxy groups -OCH3 is 1. The first-order valence-corrected chi connectivity index (χ1v) is 10.3. The molecule has 5 rings (SSSR count). The topological polar surface area (TPSA) is 65.6 Å². The van der Waals surface area contributed by atoms with E-state index in [1.807, 2.05) is 0 Å². The zero-order valence-electron chi connectivity index (χ0n) is 17.4. The van der Waals surface area contributed by atoms with Gasteiger partial charge in [0.2, 0.25) is 11.8 Å². The number of aromatic nitrogens is 1. The average Bonchev–Trinajstić information content (AvgIpc) is 3.12. The van der Waals surface area contributed by atoms with Crippen LogP contribution in [-0.4, -0.2) is 59.0 Å². The maximum absolute atomic E-state index is 14.0. The van der Waals surface area contributed by atoms with Crippen molar-refractivity contribution in [1.82, 2.24) is 14.8 Å². The molecule has 172 valence electrons. The zero-order chi connectivity index (χ0) is 23.5. The summed E-state index contributed by atoms with van der Waals surface area (Å²) < 4.78 is 58.3. The number of alkyl halides is 3. The van der Waals surface area contributed by atoms with E-state index >= 15 is 0 Å². The number of carbonyl (C=O) groups excluding carboxylic acids is 2. The summed E-state index contributed by atoms with van der Waals surface area (Å²) in [5.74, 6) is -1.25. The molecule has 2 aromatic carbocycles. The molecule has 2 atom stereocenters. The van der Waals surface area contributed by atoms with Crippen molar-refractivity contribution < 1.29 is 31.9 Å². The summed E-state index contributed by atoms with van der Waals surface area (Å²) in [4.78, 5) is 31.4. The molecule has 0 bridgehead atoms. The van der Waals surface area contributed by atoms with Gasteiger partial charge in [-0.25, -0.2) is 4.39 Å². The minimum atomic E-state index is -4.63. The van der Waals surface area contributed by atoms with E-state index in [2.05, 4.69) is 4.98 Å². The number of rotatable bonds is 3. The lowest BCUT2D eigenvalue weighted by molar-refractivity contribution is -0.176. The number of benzene rings is 2. The SMILES string of the molecule is COc1ccc([C@H]2c3[nH]c4ccc(F)cc4c3C[C@@H]3C(=O)N(CC(F)(F)F)CC(=O)N23)cc1. The maximum Gasteiger partial charge on any atom is 0.406 e. The molecule has 1 aromatic heterocycles. The number of piperazine rings is 1. The van der Waals surface area contributed by atoms with Gasteiger partial charge in [-0.05, 0) is 41.5 Å². The summed E-state index contributed by atoms with van der Waals surface area (Å²) in [6.07, 6.45) is -4.64. The van der Waals surface area contributed by atoms with Crippen molar-refractivity contribution in [1.29, 1.82) is 0 Å². The summed E-state index contributed by atoms with van der Waals surface area (Å²) in [7, 11) is 1.51. The Morgan fingerprint density at radius 3 is 2.52 bits per heavy atom. The molecule has 1 N–H and O–H groups in total. The summed E-state index contributed by atoms with van der Waals surface area (Å²) in [5, 5.41) is 0.538. The molecule has 2 aliphatic rings. The molecule has 6 nitrogen and oxygen atoms in total. The zero-order valence-corrected chi connectivity index (χ0v) is 17.4. The molecule has 33 heavy (non-hydrogen) atoms. The van der Waals surface area contributed by atoms with E-state index in [-0.39, 0.29) is 6.42 Å². The lowest BCUT2D eigenvalue weighted by Gasteiger charge is -2.47. The van der Waals surface area contributed by atoms with E-state index in [1.54, 1.807) is 30.3 Å². The van der Waals surface area contributed by atoms with Crippen molar-refractivity contribution in [2.75, 3.05) is 20.2 Å². The van der Waals surface area contributed by atoms with Crippen LogP contribution in [0.25, 0.3) is 10.9 Å². The van der Waals surface area contributed by atoms with Crippen molar-refractivity contribution in [2.45, 2.75) is 24.7 Å². The van der Waals surface area contributed by atoms with Gasteiger partial charge in [0, 0.05) is 23.0 Å². The summed E-state index contributed by atoms with van der Waals surface area (Å²) in [6, 6.07) is 9.19. The third-order valence-corrected chi connectivity index (χ3v) is 6.20. The van der Waals surface area contributed by atoms with Crippen LogP contribution in [0.1, 0.15) is 22.9 Å². The van der Waals surface area contributed by atoms with Gasteiger partial charge in [-0.2, -0.15) is 13.2 Å². The fraction of sp³-hybridized carbons (Fsp3) is 0.304. The second kappa shape index (κ2) is 7.50. The van der Waals surface area contributed by atoms with Crippen LogP contribution in [0.3, 0.4) is 0 Å². The maximum atomic E-state index is 14.0. The number of hydrogen-bond donors (Lipinski definition) is 1. The molecule has 2 amide bonds. The van der Waals surface area contributed by atoms with Crippen molar-refractivity contribution in [3.05, 3.63) is 65.1 Å². The number of ether oxygens (including phenoxy) is 1. The Kier molecular flexibility index (Phi) is 4.84. The third-order valence-electron chi connectivity index (χ3n) is 6.20. The predicted octanol–water partition coefficient (Wildman–Crippen LogP) is 3.56. The van der Waals surface area contributed by atoms with E-state index in [0.717, 1.165) is 0 Å². The quantitative estimate of drug-likeness (QED) is 0.607. The smallest absolute Gasteiger partial charge is 0.406 e. The Hall–Kier alpha value is -3.56. The molecule has 0 radical (unpaired) electrons. The highest BCUT2D eigenvalue weighted by Crippen LogP contribution is 2.43. The highest BCUT2D eigenvalue weighted by molar-refractivity contribution is 5.97. The second-order valence-corrected chi connectivity index (χ2v) is 8.21. The molecule has 1 fully saturated rings. The lowest BCUT2D eigenvalue weighted by Crippen LogP contribution is -2.64. The van der Waals surface area contributed by atoms with Gasteiger partial charge in [-0.15, -0.1) is 0 Å². The van der Waals surface area contributed by atoms with Gasteiger partial charge in [-0.3, -0.25) is 9.59 Å². The molecule has 3 heterocycles. The molecule has 0 spiro atoms. The number of H-pyrrole nitrogens is 1. The van der Waals surface area contributed by atoms with Crippen LogP contribution < -0.4 is 4.74 Å². The minimum absolute atomic E-state index is 0.00955. The normalized spacial score (nSPS) is 20.8. The highest BCUT2D eigenvalue weighted by Gasteiger charge is 2.50. The fourth-order valence-corrected chi connectivity index (χ4v) is 4.83. The molecule has 10 heteroatoms. The number of hydrogen-bond acceptors (Lipinski definition) is 3. The van der Waals surface area contributed by atoms with Gasteiger partial charge in [0.1, 0.15) is 30.7 Å². The standard InChI is InChI=1S/C23H19F4N3O3/c1-33-14-5-2-12(3-6-14)21-20-16(15-8-13(24)4-7-17(15)28-20)9-18-22(32)29(11-23(25,26)27)10-19(31)30(18)21/h2-8,18,21,28H,9-11H2,1H3/t18-,21+/m1/s1. The Bertz CT molecular complexity index is 1250. The van der Waals surface area contributed by atoms with Crippen LogP contribution in [-0.2, 0) is 16.0 Å². The van der Waals surface area contributed by atoms with E-state index in [9.17, 15) is 27.2 Å². The molecular formula is C23H19F4N3O3. The fourth-order valence-electron chi connectivity index (χ4n) is 4.83. The van der Waals surface area contributed by atoms with Gasteiger partial charge < -0.3 is 19.5 Å². The molecule has 2 aliphatic heterocycles. The van der Waals surface area contributed by atoms with Gasteiger partial charge in [0.25, 0.3) is 0 Å². The Morgan fingerprint density at radius 2 is 1.85 bits per heavy atom. The number of nitrogens with zero attached hydrogens (tertiary/aromatic N) is 2. The second-order valence-electron chi connectivity index (χ2n) is 8.21. The van der Waals surface area contributed by atoms with E-state index < -0.39 is 49.0 Å². The first-order valence-electron chi connectivity index (χ1n) is 10.3. The molecular weight excluding hydrogens is 442 g/mol. The lowest BCUT2D eigenvalue weighted by atomic mass is 9.86. The number of nitrogens with one attached hydrogen (secondary N) is 1. The summed E-state index contributed by atoms with van der Waals surface area (Å²) >= 11 is 0.